The Morgan fingerprint density at radius 3 is 1.80 bits per heavy atom. The van der Waals surface area contributed by atoms with Gasteiger partial charge >= 0.3 is 23.9 Å². The zero-order valence-corrected chi connectivity index (χ0v) is 25.9. The molecule has 0 unspecified atom stereocenters. The minimum atomic E-state index is -0.700. The quantitative estimate of drug-likeness (QED) is 0.0491. The summed E-state index contributed by atoms with van der Waals surface area (Å²) in [6.07, 6.45) is 4.59. The topological polar surface area (TPSA) is 124 Å². The van der Waals surface area contributed by atoms with Gasteiger partial charge in [0.25, 0.3) is 0 Å². The van der Waals surface area contributed by atoms with Crippen LogP contribution in [0.1, 0.15) is 42.5 Å². The monoisotopic (exact) mass is 630 g/mol. The molecule has 10 heteroatoms. The molecule has 0 radical (unpaired) electrons. The molecule has 0 bridgehead atoms. The van der Waals surface area contributed by atoms with Crippen molar-refractivity contribution in [1.29, 1.82) is 0 Å². The Kier molecular flexibility index (Phi) is 14.6. The van der Waals surface area contributed by atoms with Gasteiger partial charge in [-0.3, -0.25) is 4.79 Å². The first-order valence-electron chi connectivity index (χ1n) is 14.8. The molecule has 0 saturated carbocycles. The Balaban J connectivity index is 1.36. The van der Waals surface area contributed by atoms with Crippen molar-refractivity contribution in [1.82, 2.24) is 0 Å². The van der Waals surface area contributed by atoms with E-state index in [1.165, 1.54) is 7.11 Å². The maximum atomic E-state index is 12.7. The first-order chi connectivity index (χ1) is 22.3. The minimum Gasteiger partial charge on any atom is -0.494 e. The lowest BCUT2D eigenvalue weighted by Gasteiger charge is -2.10. The number of carbonyl (C=O) groups excluding carboxylic acids is 4. The molecule has 3 rings (SSSR count). The third kappa shape index (κ3) is 12.3. The van der Waals surface area contributed by atoms with Crippen LogP contribution in [0, 0.1) is 0 Å². The summed E-state index contributed by atoms with van der Waals surface area (Å²) < 4.78 is 31.3. The van der Waals surface area contributed by atoms with Gasteiger partial charge in [-0.25, -0.2) is 14.4 Å². The predicted molar refractivity (Wildman–Crippen MR) is 171 cm³/mol. The van der Waals surface area contributed by atoms with Crippen molar-refractivity contribution in [2.24, 2.45) is 0 Å². The SMILES string of the molecule is C=CC(=O)OCCCCCCOc1ccc(-c2ccc(C(=O)Oc3ccc(OCCOC(=O)C(=C)CC(=O)OC)cc3)cc2)cc1. The minimum absolute atomic E-state index is 0.00450. The number of esters is 4. The van der Waals surface area contributed by atoms with Gasteiger partial charge in [-0.1, -0.05) is 37.4 Å². The number of methoxy groups -OCH3 is 1. The van der Waals surface area contributed by atoms with Crippen molar-refractivity contribution < 1.29 is 47.6 Å². The normalized spacial score (nSPS) is 10.3. The van der Waals surface area contributed by atoms with Gasteiger partial charge in [0.2, 0.25) is 0 Å². The van der Waals surface area contributed by atoms with Crippen molar-refractivity contribution >= 4 is 23.9 Å². The molecule has 3 aromatic rings. The second kappa shape index (κ2) is 19.1. The molecule has 10 nitrogen and oxygen atoms in total. The highest BCUT2D eigenvalue weighted by Gasteiger charge is 2.14. The van der Waals surface area contributed by atoms with E-state index < -0.39 is 23.9 Å². The zero-order chi connectivity index (χ0) is 33.1. The first kappa shape index (κ1) is 35.1. The number of hydrogen-bond acceptors (Lipinski definition) is 10. The number of ether oxygens (including phenoxy) is 6. The van der Waals surface area contributed by atoms with E-state index in [1.807, 2.05) is 36.4 Å². The van der Waals surface area contributed by atoms with Crippen molar-refractivity contribution in [3.05, 3.63) is 103 Å². The van der Waals surface area contributed by atoms with Crippen LogP contribution in [-0.4, -0.2) is 57.4 Å². The molecule has 242 valence electrons. The number of benzene rings is 3. The zero-order valence-electron chi connectivity index (χ0n) is 25.9. The van der Waals surface area contributed by atoms with E-state index in [2.05, 4.69) is 17.9 Å². The lowest BCUT2D eigenvalue weighted by molar-refractivity contribution is -0.144. The summed E-state index contributed by atoms with van der Waals surface area (Å²) in [6.45, 7) is 7.93. The summed E-state index contributed by atoms with van der Waals surface area (Å²) in [6, 6.07) is 21.3. The Morgan fingerprint density at radius 1 is 0.652 bits per heavy atom. The highest BCUT2D eigenvalue weighted by Crippen LogP contribution is 2.24. The highest BCUT2D eigenvalue weighted by atomic mass is 16.6. The van der Waals surface area contributed by atoms with Crippen molar-refractivity contribution in [3.8, 4) is 28.4 Å². The molecule has 0 aliphatic heterocycles. The third-order valence-electron chi connectivity index (χ3n) is 6.52. The molecule has 0 saturated heterocycles. The Morgan fingerprint density at radius 2 is 1.20 bits per heavy atom. The van der Waals surface area contributed by atoms with Crippen molar-refractivity contribution in [2.75, 3.05) is 33.5 Å². The van der Waals surface area contributed by atoms with Gasteiger partial charge in [0.1, 0.15) is 30.5 Å². The van der Waals surface area contributed by atoms with Crippen LogP contribution >= 0.6 is 0 Å². The van der Waals surface area contributed by atoms with Gasteiger partial charge in [0.05, 0.1) is 32.3 Å². The molecule has 0 fully saturated rings. The lowest BCUT2D eigenvalue weighted by atomic mass is 10.0. The highest BCUT2D eigenvalue weighted by molar-refractivity contribution is 5.93. The average molecular weight is 631 g/mol. The fraction of sp³-hybridized carbons (Fsp3) is 0.278. The van der Waals surface area contributed by atoms with Crippen LogP contribution in [0.5, 0.6) is 17.2 Å². The van der Waals surface area contributed by atoms with Gasteiger partial charge in [-0.2, -0.15) is 0 Å². The molecule has 0 aliphatic rings. The summed E-state index contributed by atoms with van der Waals surface area (Å²) in [5.74, 6) is -0.551. The molecule has 0 heterocycles. The first-order valence-corrected chi connectivity index (χ1v) is 14.8. The molecule has 3 aromatic carbocycles. The Labute approximate surface area is 268 Å². The summed E-state index contributed by atoms with van der Waals surface area (Å²) in [5, 5.41) is 0. The van der Waals surface area contributed by atoms with Crippen LogP contribution in [0.4, 0.5) is 0 Å². The fourth-order valence-corrected chi connectivity index (χ4v) is 4.01. The van der Waals surface area contributed by atoms with Gasteiger partial charge in [0, 0.05) is 11.6 Å². The molecule has 0 amide bonds. The largest absolute Gasteiger partial charge is 0.494 e. The average Bonchev–Trinajstić information content (AvgIpc) is 3.08. The molecule has 0 atom stereocenters. The summed E-state index contributed by atoms with van der Waals surface area (Å²) in [4.78, 5) is 46.7. The van der Waals surface area contributed by atoms with Gasteiger partial charge in [0.15, 0.2) is 0 Å². The van der Waals surface area contributed by atoms with Crippen LogP contribution < -0.4 is 14.2 Å². The second-order valence-electron chi connectivity index (χ2n) is 9.94. The third-order valence-corrected chi connectivity index (χ3v) is 6.52. The van der Waals surface area contributed by atoms with Gasteiger partial charge < -0.3 is 28.4 Å². The smallest absolute Gasteiger partial charge is 0.343 e. The number of carbonyl (C=O) groups is 4. The van der Waals surface area contributed by atoms with E-state index in [4.69, 9.17) is 23.7 Å². The second-order valence-corrected chi connectivity index (χ2v) is 9.94. The standard InChI is InChI=1S/C36H38O10/c1-4-33(37)44-22-8-6-5-7-21-42-30-15-13-28(14-16-30)27-9-11-29(12-10-27)36(40)46-32-19-17-31(18-20-32)43-23-24-45-35(39)26(2)25-34(38)41-3/h4,9-20H,1-2,5-8,21-25H2,3H3. The summed E-state index contributed by atoms with van der Waals surface area (Å²) in [5.41, 5.74) is 2.33. The number of hydrogen-bond donors (Lipinski definition) is 0. The van der Waals surface area contributed by atoms with E-state index in [-0.39, 0.29) is 25.2 Å². The fourth-order valence-electron chi connectivity index (χ4n) is 4.01. The number of rotatable bonds is 19. The van der Waals surface area contributed by atoms with Crippen molar-refractivity contribution in [2.45, 2.75) is 32.1 Å². The Hall–Kier alpha value is -5.38. The molecular weight excluding hydrogens is 592 g/mol. The van der Waals surface area contributed by atoms with E-state index >= 15 is 0 Å². The van der Waals surface area contributed by atoms with E-state index in [0.29, 0.717) is 30.3 Å². The van der Waals surface area contributed by atoms with E-state index in [1.54, 1.807) is 36.4 Å². The van der Waals surface area contributed by atoms with Gasteiger partial charge in [-0.15, -0.1) is 0 Å². The maximum absolute atomic E-state index is 12.7. The van der Waals surface area contributed by atoms with Crippen LogP contribution in [0.25, 0.3) is 11.1 Å². The van der Waals surface area contributed by atoms with Crippen LogP contribution in [-0.2, 0) is 28.6 Å². The molecule has 46 heavy (non-hydrogen) atoms. The molecule has 0 aliphatic carbocycles. The lowest BCUT2D eigenvalue weighted by Crippen LogP contribution is -2.15. The maximum Gasteiger partial charge on any atom is 0.343 e. The molecule has 0 N–H and O–H groups in total. The Bertz CT molecular complexity index is 1460. The molecule has 0 spiro atoms. The van der Waals surface area contributed by atoms with Crippen molar-refractivity contribution in [3.63, 3.8) is 0 Å². The van der Waals surface area contributed by atoms with Crippen LogP contribution in [0.15, 0.2) is 97.6 Å². The predicted octanol–water partition coefficient (Wildman–Crippen LogP) is 6.28. The van der Waals surface area contributed by atoms with Crippen LogP contribution in [0.3, 0.4) is 0 Å². The summed E-state index contributed by atoms with van der Waals surface area (Å²) >= 11 is 0. The van der Waals surface area contributed by atoms with Gasteiger partial charge in [-0.05, 0) is 85.3 Å². The number of unbranched alkanes of at least 4 members (excludes halogenated alkanes) is 3. The summed E-state index contributed by atoms with van der Waals surface area (Å²) in [7, 11) is 1.22. The van der Waals surface area contributed by atoms with Crippen LogP contribution in [0.2, 0.25) is 0 Å². The molecule has 0 aromatic heterocycles. The molecular formula is C36H38O10. The van der Waals surface area contributed by atoms with E-state index in [9.17, 15) is 19.2 Å². The van der Waals surface area contributed by atoms with E-state index in [0.717, 1.165) is 48.6 Å².